The summed E-state index contributed by atoms with van der Waals surface area (Å²) in [6, 6.07) is 16.5. The van der Waals surface area contributed by atoms with E-state index in [1.165, 1.54) is 30.3 Å². The number of nitrogens with one attached hydrogen (secondary N) is 2. The second-order valence-electron chi connectivity index (χ2n) is 6.54. The summed E-state index contributed by atoms with van der Waals surface area (Å²) in [5, 5.41) is 2.82. The fourth-order valence-electron chi connectivity index (χ4n) is 2.91. The van der Waals surface area contributed by atoms with Crippen LogP contribution in [0.3, 0.4) is 0 Å². The number of methoxy groups -OCH3 is 1. The number of rotatable bonds is 8. The van der Waals surface area contributed by atoms with Gasteiger partial charge in [0.05, 0.1) is 28.3 Å². The summed E-state index contributed by atoms with van der Waals surface area (Å²) in [5.41, 5.74) is 0.722. The Labute approximate surface area is 185 Å². The molecule has 6 nitrogen and oxygen atoms in total. The van der Waals surface area contributed by atoms with Crippen LogP contribution in [0.2, 0.25) is 5.02 Å². The number of anilines is 1. The fraction of sp³-hybridized carbons (Fsp3) is 0.136. The highest BCUT2D eigenvalue weighted by atomic mass is 35.5. The van der Waals surface area contributed by atoms with Crippen molar-refractivity contribution in [1.82, 2.24) is 5.32 Å². The Morgan fingerprint density at radius 2 is 1.77 bits per heavy atom. The summed E-state index contributed by atoms with van der Waals surface area (Å²) in [4.78, 5) is 12.4. The molecule has 162 valence electrons. The lowest BCUT2D eigenvalue weighted by Gasteiger charge is -2.12. The van der Waals surface area contributed by atoms with Crippen LogP contribution in [0, 0.1) is 5.82 Å². The van der Waals surface area contributed by atoms with Crippen LogP contribution in [-0.2, 0) is 16.4 Å². The number of ether oxygens (including phenoxy) is 1. The van der Waals surface area contributed by atoms with E-state index in [0.29, 0.717) is 18.7 Å². The van der Waals surface area contributed by atoms with Gasteiger partial charge in [0, 0.05) is 6.54 Å². The van der Waals surface area contributed by atoms with Gasteiger partial charge in [-0.05, 0) is 48.4 Å². The summed E-state index contributed by atoms with van der Waals surface area (Å²) in [6.45, 7) is 0.292. The zero-order chi connectivity index (χ0) is 22.4. The first-order valence-corrected chi connectivity index (χ1v) is 11.1. The molecular formula is C22H20ClFN2O4S. The number of para-hydroxylation sites is 2. The Morgan fingerprint density at radius 1 is 1.06 bits per heavy atom. The Hall–Kier alpha value is -3.10. The van der Waals surface area contributed by atoms with Crippen molar-refractivity contribution in [2.45, 2.75) is 11.3 Å². The maximum absolute atomic E-state index is 13.8. The quantitative estimate of drug-likeness (QED) is 0.524. The van der Waals surface area contributed by atoms with Crippen LogP contribution in [0.25, 0.3) is 0 Å². The lowest BCUT2D eigenvalue weighted by atomic mass is 10.1. The highest BCUT2D eigenvalue weighted by molar-refractivity contribution is 7.92. The molecule has 3 aromatic rings. The maximum Gasteiger partial charge on any atom is 0.262 e. The minimum atomic E-state index is -4.13. The fourth-order valence-corrected chi connectivity index (χ4v) is 4.21. The molecule has 0 atom stereocenters. The van der Waals surface area contributed by atoms with E-state index in [2.05, 4.69) is 10.0 Å². The molecule has 3 aromatic carbocycles. The van der Waals surface area contributed by atoms with Gasteiger partial charge in [-0.2, -0.15) is 0 Å². The summed E-state index contributed by atoms with van der Waals surface area (Å²) in [6.07, 6.45) is 0.514. The number of carbonyl (C=O) groups is 1. The lowest BCUT2D eigenvalue weighted by Crippen LogP contribution is -2.26. The van der Waals surface area contributed by atoms with Crippen molar-refractivity contribution < 1.29 is 22.3 Å². The third-order valence-electron chi connectivity index (χ3n) is 4.48. The van der Waals surface area contributed by atoms with Gasteiger partial charge in [-0.3, -0.25) is 9.52 Å². The Bertz CT molecular complexity index is 1200. The Morgan fingerprint density at radius 3 is 2.52 bits per heavy atom. The largest absolute Gasteiger partial charge is 0.496 e. The second kappa shape index (κ2) is 9.80. The summed E-state index contributed by atoms with van der Waals surface area (Å²) in [5.74, 6) is -0.528. The minimum absolute atomic E-state index is 0.00176. The van der Waals surface area contributed by atoms with Gasteiger partial charge in [-0.1, -0.05) is 41.9 Å². The van der Waals surface area contributed by atoms with E-state index in [1.54, 1.807) is 7.11 Å². The topological polar surface area (TPSA) is 84.5 Å². The highest BCUT2D eigenvalue weighted by Gasteiger charge is 2.20. The van der Waals surface area contributed by atoms with Crippen LogP contribution in [0.15, 0.2) is 71.6 Å². The molecule has 0 radical (unpaired) electrons. The lowest BCUT2D eigenvalue weighted by molar-refractivity contribution is 0.0954. The standard InChI is InChI=1S/C22H20ClFN2O4S/c1-30-21-9-5-2-6-15(21)12-13-25-22(27)17-14-16(10-11-18(17)23)31(28,29)26-20-8-4-3-7-19(20)24/h2-11,14,26H,12-13H2,1H3,(H,25,27). The van der Waals surface area contributed by atoms with Crippen molar-refractivity contribution in [2.24, 2.45) is 0 Å². The molecule has 0 bridgehead atoms. The number of carbonyl (C=O) groups excluding carboxylic acids is 1. The second-order valence-corrected chi connectivity index (χ2v) is 8.63. The predicted octanol–water partition coefficient (Wildman–Crippen LogP) is 4.26. The zero-order valence-electron chi connectivity index (χ0n) is 16.6. The van der Waals surface area contributed by atoms with E-state index in [9.17, 15) is 17.6 Å². The number of halogens is 2. The van der Waals surface area contributed by atoms with Crippen LogP contribution in [0.5, 0.6) is 5.75 Å². The molecule has 0 heterocycles. The van der Waals surface area contributed by atoms with Gasteiger partial charge < -0.3 is 10.1 Å². The van der Waals surface area contributed by atoms with Crippen LogP contribution in [-0.4, -0.2) is 28.0 Å². The predicted molar refractivity (Wildman–Crippen MR) is 118 cm³/mol. The average molecular weight is 463 g/mol. The van der Waals surface area contributed by atoms with Gasteiger partial charge in [0.25, 0.3) is 15.9 Å². The maximum atomic E-state index is 13.8. The smallest absolute Gasteiger partial charge is 0.262 e. The van der Waals surface area contributed by atoms with Gasteiger partial charge >= 0.3 is 0 Å². The molecule has 31 heavy (non-hydrogen) atoms. The van der Waals surface area contributed by atoms with E-state index >= 15 is 0 Å². The van der Waals surface area contributed by atoms with Gasteiger partial charge in [0.2, 0.25) is 0 Å². The van der Waals surface area contributed by atoms with Crippen molar-refractivity contribution in [3.05, 3.63) is 88.7 Å². The van der Waals surface area contributed by atoms with Crippen molar-refractivity contribution in [3.8, 4) is 5.75 Å². The Balaban J connectivity index is 1.74. The summed E-state index contributed by atoms with van der Waals surface area (Å²) in [7, 11) is -2.56. The number of hydrogen-bond acceptors (Lipinski definition) is 4. The molecule has 2 N–H and O–H groups in total. The van der Waals surface area contributed by atoms with Crippen LogP contribution >= 0.6 is 11.6 Å². The first kappa shape index (κ1) is 22.6. The molecule has 3 rings (SSSR count). The third-order valence-corrected chi connectivity index (χ3v) is 6.18. The molecule has 0 unspecified atom stereocenters. The first-order valence-electron chi connectivity index (χ1n) is 9.29. The average Bonchev–Trinajstić information content (AvgIpc) is 2.75. The molecule has 0 fully saturated rings. The summed E-state index contributed by atoms with van der Waals surface area (Å²) >= 11 is 6.11. The minimum Gasteiger partial charge on any atom is -0.496 e. The normalized spacial score (nSPS) is 11.1. The van der Waals surface area contributed by atoms with E-state index < -0.39 is 21.7 Å². The number of benzene rings is 3. The number of hydrogen-bond donors (Lipinski definition) is 2. The van der Waals surface area contributed by atoms with Gasteiger partial charge in [-0.15, -0.1) is 0 Å². The van der Waals surface area contributed by atoms with E-state index in [1.807, 2.05) is 24.3 Å². The highest BCUT2D eigenvalue weighted by Crippen LogP contribution is 2.24. The molecular weight excluding hydrogens is 443 g/mol. The molecule has 0 aromatic heterocycles. The zero-order valence-corrected chi connectivity index (χ0v) is 18.1. The van der Waals surface area contributed by atoms with E-state index in [-0.39, 0.29) is 21.2 Å². The molecule has 0 aliphatic rings. The van der Waals surface area contributed by atoms with Crippen LogP contribution in [0.4, 0.5) is 10.1 Å². The summed E-state index contributed by atoms with van der Waals surface area (Å²) < 4.78 is 46.6. The number of sulfonamides is 1. The van der Waals surface area contributed by atoms with Crippen LogP contribution < -0.4 is 14.8 Å². The molecule has 0 aliphatic carbocycles. The molecule has 0 saturated heterocycles. The van der Waals surface area contributed by atoms with E-state index in [4.69, 9.17) is 16.3 Å². The molecule has 0 aliphatic heterocycles. The van der Waals surface area contributed by atoms with Crippen molar-refractivity contribution in [3.63, 3.8) is 0 Å². The number of amides is 1. The molecule has 0 spiro atoms. The van der Waals surface area contributed by atoms with E-state index in [0.717, 1.165) is 17.7 Å². The SMILES string of the molecule is COc1ccccc1CCNC(=O)c1cc(S(=O)(=O)Nc2ccccc2F)ccc1Cl. The van der Waals surface area contributed by atoms with Crippen LogP contribution in [0.1, 0.15) is 15.9 Å². The molecule has 0 saturated carbocycles. The van der Waals surface area contributed by atoms with Gasteiger partial charge in [0.1, 0.15) is 11.6 Å². The molecule has 9 heteroatoms. The molecule has 1 amide bonds. The third kappa shape index (κ3) is 5.53. The van der Waals surface area contributed by atoms with Gasteiger partial charge in [-0.25, -0.2) is 12.8 Å². The first-order chi connectivity index (χ1) is 14.8. The van der Waals surface area contributed by atoms with Crippen molar-refractivity contribution in [1.29, 1.82) is 0 Å². The monoisotopic (exact) mass is 462 g/mol. The van der Waals surface area contributed by atoms with Gasteiger partial charge in [0.15, 0.2) is 0 Å². The van der Waals surface area contributed by atoms with Crippen molar-refractivity contribution in [2.75, 3.05) is 18.4 Å². The Kier molecular flexibility index (Phi) is 7.14. The van der Waals surface area contributed by atoms with Crippen molar-refractivity contribution >= 4 is 33.2 Å².